The number of allylic oxidation sites excluding steroid dienone is 1. The molecule has 0 aliphatic rings. The molecule has 0 spiro atoms. The Kier molecular flexibility index (Phi) is 2.54. The zero-order valence-electron chi connectivity index (χ0n) is 7.76. The summed E-state index contributed by atoms with van der Waals surface area (Å²) < 4.78 is 0. The Bertz CT molecular complexity index is 307. The van der Waals surface area contributed by atoms with E-state index in [1.807, 2.05) is 45.0 Å². The highest BCUT2D eigenvalue weighted by atomic mass is 16.3. The predicted molar refractivity (Wildman–Crippen MR) is 52.1 cm³/mol. The van der Waals surface area contributed by atoms with E-state index >= 15 is 0 Å². The van der Waals surface area contributed by atoms with Crippen LogP contribution in [0, 0.1) is 6.92 Å². The van der Waals surface area contributed by atoms with Crippen LogP contribution in [-0.2, 0) is 0 Å². The molecule has 12 heavy (non-hydrogen) atoms. The molecule has 0 saturated carbocycles. The number of hydrogen-bond acceptors (Lipinski definition) is 1. The molecule has 0 aliphatic carbocycles. The molecule has 1 aromatic carbocycles. The van der Waals surface area contributed by atoms with Crippen LogP contribution >= 0.6 is 0 Å². The molecule has 0 fully saturated rings. The van der Waals surface area contributed by atoms with Gasteiger partial charge in [-0.1, -0.05) is 23.8 Å². The van der Waals surface area contributed by atoms with Crippen molar-refractivity contribution in [2.75, 3.05) is 0 Å². The fourth-order valence-electron chi connectivity index (χ4n) is 1.08. The Morgan fingerprint density at radius 3 is 2.42 bits per heavy atom. The summed E-state index contributed by atoms with van der Waals surface area (Å²) in [5.74, 6) is 0.388. The Balaban J connectivity index is 3.13. The second kappa shape index (κ2) is 3.44. The first-order valence-electron chi connectivity index (χ1n) is 4.04. The van der Waals surface area contributed by atoms with Gasteiger partial charge in [0.05, 0.1) is 0 Å². The Labute approximate surface area is 73.4 Å². The van der Waals surface area contributed by atoms with E-state index in [0.717, 1.165) is 11.1 Å². The topological polar surface area (TPSA) is 20.2 Å². The molecule has 1 N–H and O–H groups in total. The van der Waals surface area contributed by atoms with E-state index in [1.165, 1.54) is 5.56 Å². The summed E-state index contributed by atoms with van der Waals surface area (Å²) in [6.45, 7) is 5.82. The fraction of sp³-hybridized carbons (Fsp3) is 0.273. The van der Waals surface area contributed by atoms with Gasteiger partial charge >= 0.3 is 0 Å². The molecule has 0 unspecified atom stereocenters. The second-order valence-corrected chi connectivity index (χ2v) is 3.22. The van der Waals surface area contributed by atoms with Crippen molar-refractivity contribution in [1.82, 2.24) is 0 Å². The molecule has 1 aromatic rings. The number of benzene rings is 1. The Hall–Kier alpha value is -1.24. The minimum absolute atomic E-state index is 0.388. The lowest BCUT2D eigenvalue weighted by Crippen LogP contribution is -1.85. The predicted octanol–water partition coefficient (Wildman–Crippen LogP) is 3.30. The molecule has 0 saturated heterocycles. The van der Waals surface area contributed by atoms with Crippen molar-refractivity contribution >= 4 is 5.76 Å². The largest absolute Gasteiger partial charge is 0.507 e. The monoisotopic (exact) mass is 162 g/mol. The van der Waals surface area contributed by atoms with E-state index in [9.17, 15) is 5.11 Å². The highest BCUT2D eigenvalue weighted by Gasteiger charge is 1.99. The summed E-state index contributed by atoms with van der Waals surface area (Å²) in [6, 6.07) is 7.85. The van der Waals surface area contributed by atoms with Gasteiger partial charge in [0.1, 0.15) is 5.76 Å². The van der Waals surface area contributed by atoms with Crippen LogP contribution in [0.4, 0.5) is 0 Å². The molecule has 1 heteroatoms. The maximum Gasteiger partial charge on any atom is 0.121 e. The molecule has 0 aromatic heterocycles. The first kappa shape index (κ1) is 8.85. The first-order chi connectivity index (χ1) is 5.61. The van der Waals surface area contributed by atoms with Crippen molar-refractivity contribution in [3.8, 4) is 0 Å². The summed E-state index contributed by atoms with van der Waals surface area (Å²) in [7, 11) is 0. The zero-order valence-corrected chi connectivity index (χ0v) is 7.76. The molecular formula is C11H14O. The number of aliphatic hydroxyl groups is 1. The zero-order chi connectivity index (χ0) is 9.14. The van der Waals surface area contributed by atoms with Gasteiger partial charge in [-0.25, -0.2) is 0 Å². The number of aliphatic hydroxyl groups excluding tert-OH is 1. The SMILES string of the molecule is CC(C)=C(O)c1cccc(C)c1. The normalized spacial score (nSPS) is 9.58. The summed E-state index contributed by atoms with van der Waals surface area (Å²) in [5.41, 5.74) is 3.01. The highest BCUT2D eigenvalue weighted by molar-refractivity contribution is 5.61. The van der Waals surface area contributed by atoms with Crippen LogP contribution in [0.3, 0.4) is 0 Å². The number of rotatable bonds is 1. The molecule has 0 aliphatic heterocycles. The van der Waals surface area contributed by atoms with Crippen LogP contribution in [0.1, 0.15) is 25.0 Å². The summed E-state index contributed by atoms with van der Waals surface area (Å²) in [4.78, 5) is 0. The van der Waals surface area contributed by atoms with Crippen LogP contribution in [0.15, 0.2) is 29.8 Å². The van der Waals surface area contributed by atoms with Crippen molar-refractivity contribution in [2.45, 2.75) is 20.8 Å². The van der Waals surface area contributed by atoms with E-state index in [2.05, 4.69) is 0 Å². The van der Waals surface area contributed by atoms with Gasteiger partial charge in [-0.2, -0.15) is 0 Å². The summed E-state index contributed by atoms with van der Waals surface area (Å²) in [6.07, 6.45) is 0. The van der Waals surface area contributed by atoms with Crippen LogP contribution < -0.4 is 0 Å². The minimum atomic E-state index is 0.388. The van der Waals surface area contributed by atoms with E-state index in [1.54, 1.807) is 0 Å². The van der Waals surface area contributed by atoms with Crippen molar-refractivity contribution in [2.24, 2.45) is 0 Å². The molecule has 1 rings (SSSR count). The van der Waals surface area contributed by atoms with Gasteiger partial charge < -0.3 is 5.11 Å². The van der Waals surface area contributed by atoms with Crippen molar-refractivity contribution in [3.63, 3.8) is 0 Å². The standard InChI is InChI=1S/C11H14O/c1-8(2)11(12)10-6-4-5-9(3)7-10/h4-7,12H,1-3H3. The lowest BCUT2D eigenvalue weighted by atomic mass is 10.1. The van der Waals surface area contributed by atoms with Crippen LogP contribution in [-0.4, -0.2) is 5.11 Å². The summed E-state index contributed by atoms with van der Waals surface area (Å²) in [5, 5.41) is 9.60. The summed E-state index contributed by atoms with van der Waals surface area (Å²) >= 11 is 0. The molecule has 0 heterocycles. The third-order valence-electron chi connectivity index (χ3n) is 1.77. The van der Waals surface area contributed by atoms with Gasteiger partial charge in [0.2, 0.25) is 0 Å². The smallest absolute Gasteiger partial charge is 0.121 e. The van der Waals surface area contributed by atoms with E-state index in [0.29, 0.717) is 5.76 Å². The van der Waals surface area contributed by atoms with Crippen LogP contribution in [0.25, 0.3) is 5.76 Å². The van der Waals surface area contributed by atoms with Gasteiger partial charge in [-0.15, -0.1) is 0 Å². The van der Waals surface area contributed by atoms with Crippen molar-refractivity contribution in [3.05, 3.63) is 41.0 Å². The van der Waals surface area contributed by atoms with Gasteiger partial charge in [-0.05, 0) is 32.4 Å². The maximum absolute atomic E-state index is 9.60. The van der Waals surface area contributed by atoms with Crippen LogP contribution in [0.2, 0.25) is 0 Å². The highest BCUT2D eigenvalue weighted by Crippen LogP contribution is 2.16. The number of aryl methyl sites for hydroxylation is 1. The Morgan fingerprint density at radius 2 is 1.92 bits per heavy atom. The van der Waals surface area contributed by atoms with Crippen molar-refractivity contribution < 1.29 is 5.11 Å². The van der Waals surface area contributed by atoms with Gasteiger partial charge in [0, 0.05) is 5.56 Å². The third kappa shape index (κ3) is 1.88. The first-order valence-corrected chi connectivity index (χ1v) is 4.04. The molecule has 0 atom stereocenters. The average Bonchev–Trinajstić information content (AvgIpc) is 2.03. The quantitative estimate of drug-likeness (QED) is 0.628. The molecule has 0 radical (unpaired) electrons. The van der Waals surface area contributed by atoms with E-state index < -0.39 is 0 Å². The van der Waals surface area contributed by atoms with Crippen molar-refractivity contribution in [1.29, 1.82) is 0 Å². The Morgan fingerprint density at radius 1 is 1.25 bits per heavy atom. The molecule has 1 nitrogen and oxygen atoms in total. The molecule has 64 valence electrons. The van der Waals surface area contributed by atoms with Crippen LogP contribution in [0.5, 0.6) is 0 Å². The second-order valence-electron chi connectivity index (χ2n) is 3.22. The van der Waals surface area contributed by atoms with E-state index in [4.69, 9.17) is 0 Å². The molecule has 0 amide bonds. The van der Waals surface area contributed by atoms with Gasteiger partial charge in [0.25, 0.3) is 0 Å². The van der Waals surface area contributed by atoms with Gasteiger partial charge in [-0.3, -0.25) is 0 Å². The van der Waals surface area contributed by atoms with Gasteiger partial charge in [0.15, 0.2) is 0 Å². The molecular weight excluding hydrogens is 148 g/mol. The maximum atomic E-state index is 9.60. The minimum Gasteiger partial charge on any atom is -0.507 e. The fourth-order valence-corrected chi connectivity index (χ4v) is 1.08. The lowest BCUT2D eigenvalue weighted by molar-refractivity contribution is 0.506. The lowest BCUT2D eigenvalue weighted by Gasteiger charge is -2.02. The van der Waals surface area contributed by atoms with E-state index in [-0.39, 0.29) is 0 Å². The average molecular weight is 162 g/mol. The molecule has 0 bridgehead atoms. The third-order valence-corrected chi connectivity index (χ3v) is 1.77. The number of hydrogen-bond donors (Lipinski definition) is 1.